The lowest BCUT2D eigenvalue weighted by Gasteiger charge is -2.56. The van der Waals surface area contributed by atoms with E-state index in [1.165, 1.54) is 36.5 Å². The van der Waals surface area contributed by atoms with Crippen molar-refractivity contribution >= 4 is 34.3 Å². The Labute approximate surface area is 210 Å². The Morgan fingerprint density at radius 3 is 2.61 bits per heavy atom. The average molecular weight is 516 g/mol. The normalized spacial score (nSPS) is 25.1. The topological polar surface area (TPSA) is 101 Å². The van der Waals surface area contributed by atoms with Crippen LogP contribution in [0.1, 0.15) is 49.0 Å². The first-order valence-electron chi connectivity index (χ1n) is 11.7. The van der Waals surface area contributed by atoms with E-state index in [1.807, 2.05) is 0 Å². The van der Waals surface area contributed by atoms with Crippen molar-refractivity contribution in [3.8, 4) is 5.75 Å². The Bertz CT molecular complexity index is 1340. The second-order valence-electron chi connectivity index (χ2n) is 9.80. The number of Topliss-reactive ketones (excluding diaryl/α,β-unsaturated/α-hetero) is 1. The van der Waals surface area contributed by atoms with E-state index in [2.05, 4.69) is 15.3 Å². The van der Waals surface area contributed by atoms with Crippen LogP contribution in [0.5, 0.6) is 5.75 Å². The molecular formula is C26H24ClF2N3O4. The largest absolute Gasteiger partial charge is 0.486 e. The molecule has 2 bridgehead atoms. The molecular weight excluding hydrogens is 492 g/mol. The first kappa shape index (κ1) is 24.5. The van der Waals surface area contributed by atoms with Gasteiger partial charge in [0.05, 0.1) is 33.9 Å². The zero-order valence-corrected chi connectivity index (χ0v) is 20.0. The zero-order valence-electron chi connectivity index (χ0n) is 19.3. The minimum Gasteiger partial charge on any atom is -0.486 e. The Morgan fingerprint density at radius 1 is 1.11 bits per heavy atom. The number of carbonyl (C=O) groups excluding carboxylic acids is 2. The van der Waals surface area contributed by atoms with E-state index in [-0.39, 0.29) is 40.7 Å². The molecule has 1 atom stereocenters. The molecule has 3 aliphatic rings. The summed E-state index contributed by atoms with van der Waals surface area (Å²) < 4.78 is 32.4. The van der Waals surface area contributed by atoms with Crippen molar-refractivity contribution in [3.63, 3.8) is 0 Å². The number of hydrogen-bond acceptors (Lipinski definition) is 6. The van der Waals surface area contributed by atoms with E-state index in [1.54, 1.807) is 0 Å². The van der Waals surface area contributed by atoms with Crippen LogP contribution in [0.15, 0.2) is 42.6 Å². The van der Waals surface area contributed by atoms with Gasteiger partial charge >= 0.3 is 0 Å². The van der Waals surface area contributed by atoms with Crippen LogP contribution in [-0.2, 0) is 4.79 Å². The van der Waals surface area contributed by atoms with Gasteiger partial charge in [0.25, 0.3) is 5.91 Å². The van der Waals surface area contributed by atoms with Gasteiger partial charge in [-0.1, -0.05) is 11.6 Å². The van der Waals surface area contributed by atoms with E-state index in [0.29, 0.717) is 43.1 Å². The quantitative estimate of drug-likeness (QED) is 0.484. The number of halogens is 3. The van der Waals surface area contributed by atoms with Crippen LogP contribution < -0.4 is 10.1 Å². The summed E-state index contributed by atoms with van der Waals surface area (Å²) in [5.41, 5.74) is -0.345. The van der Waals surface area contributed by atoms with Gasteiger partial charge in [0.2, 0.25) is 0 Å². The standard InChI is InChI=1S/C26H24ClF2N3O4/c27-18-3-2-17(10-19(18)29)36-14-16(33)11-25-5-7-26(8-6-25,23(34)12-25)32-24(35)22-13-30-21-9-15(28)1-4-20(21)31-22/h1-4,9-10,13,23,34H,5-8,11-12,14H2,(H,32,35)/t23-,25?,26?/m0/s1. The fourth-order valence-corrected chi connectivity index (χ4v) is 5.53. The van der Waals surface area contributed by atoms with Gasteiger partial charge in [-0.15, -0.1) is 0 Å². The molecule has 3 aliphatic carbocycles. The lowest BCUT2D eigenvalue weighted by Crippen LogP contribution is -2.65. The van der Waals surface area contributed by atoms with E-state index < -0.39 is 29.2 Å². The smallest absolute Gasteiger partial charge is 0.272 e. The molecule has 0 spiro atoms. The predicted molar refractivity (Wildman–Crippen MR) is 128 cm³/mol. The third kappa shape index (κ3) is 4.77. The second-order valence-corrected chi connectivity index (χ2v) is 10.2. The third-order valence-corrected chi connectivity index (χ3v) is 7.74. The van der Waals surface area contributed by atoms with E-state index in [0.717, 1.165) is 6.07 Å². The molecule has 3 saturated carbocycles. The number of ether oxygens (including phenoxy) is 1. The predicted octanol–water partition coefficient (Wildman–Crippen LogP) is 4.39. The average Bonchev–Trinajstić information content (AvgIpc) is 2.85. The van der Waals surface area contributed by atoms with Crippen LogP contribution in [0.4, 0.5) is 8.78 Å². The van der Waals surface area contributed by atoms with E-state index in [9.17, 15) is 23.5 Å². The van der Waals surface area contributed by atoms with Gasteiger partial charge in [0.15, 0.2) is 5.78 Å². The first-order valence-corrected chi connectivity index (χ1v) is 12.1. The molecule has 0 aliphatic heterocycles. The highest BCUT2D eigenvalue weighted by molar-refractivity contribution is 6.30. The van der Waals surface area contributed by atoms with Crippen molar-refractivity contribution in [2.45, 2.75) is 50.2 Å². The third-order valence-electron chi connectivity index (χ3n) is 7.43. The molecule has 1 amide bonds. The van der Waals surface area contributed by atoms with Gasteiger partial charge in [-0.3, -0.25) is 14.6 Å². The van der Waals surface area contributed by atoms with Crippen LogP contribution in [0.2, 0.25) is 5.02 Å². The number of aliphatic hydroxyl groups is 1. The molecule has 188 valence electrons. The summed E-state index contributed by atoms with van der Waals surface area (Å²) in [6.45, 7) is -0.203. The number of aliphatic hydroxyl groups excluding tert-OH is 1. The fraction of sp³-hybridized carbons (Fsp3) is 0.385. The summed E-state index contributed by atoms with van der Waals surface area (Å²) in [6, 6.07) is 7.95. The first-order chi connectivity index (χ1) is 17.2. The van der Waals surface area contributed by atoms with Gasteiger partial charge in [-0.05, 0) is 61.8 Å². The number of amides is 1. The minimum absolute atomic E-state index is 0.0235. The van der Waals surface area contributed by atoms with Crippen molar-refractivity contribution in [1.29, 1.82) is 0 Å². The molecule has 0 radical (unpaired) electrons. The molecule has 3 fully saturated rings. The van der Waals surface area contributed by atoms with E-state index >= 15 is 0 Å². The maximum absolute atomic E-state index is 13.6. The monoisotopic (exact) mass is 515 g/mol. The highest BCUT2D eigenvalue weighted by Crippen LogP contribution is 2.54. The Balaban J connectivity index is 1.20. The lowest BCUT2D eigenvalue weighted by atomic mass is 9.54. The van der Waals surface area contributed by atoms with E-state index in [4.69, 9.17) is 16.3 Å². The summed E-state index contributed by atoms with van der Waals surface area (Å²) in [6.07, 6.45) is 3.43. The number of hydrogen-bond donors (Lipinski definition) is 2. The molecule has 7 nitrogen and oxygen atoms in total. The maximum Gasteiger partial charge on any atom is 0.272 e. The van der Waals surface area contributed by atoms with Crippen molar-refractivity contribution < 1.29 is 28.2 Å². The maximum atomic E-state index is 13.6. The number of aromatic nitrogens is 2. The SMILES string of the molecule is O=C(COc1ccc(Cl)c(F)c1)CC12CCC(NC(=O)c3cnc4cc(F)ccc4n3)(CC1)[C@@H](O)C2. The number of nitrogens with zero attached hydrogens (tertiary/aromatic N) is 2. The zero-order chi connectivity index (χ0) is 25.5. The molecule has 1 heterocycles. The molecule has 2 aromatic carbocycles. The molecule has 0 saturated heterocycles. The molecule has 0 unspecified atom stereocenters. The van der Waals surface area contributed by atoms with Crippen molar-refractivity contribution in [2.75, 3.05) is 6.61 Å². The number of ketones is 1. The van der Waals surface area contributed by atoms with Crippen LogP contribution in [-0.4, -0.2) is 45.0 Å². The molecule has 6 rings (SSSR count). The molecule has 1 aromatic heterocycles. The Hall–Kier alpha value is -3.17. The van der Waals surface area contributed by atoms with Gasteiger partial charge in [-0.2, -0.15) is 0 Å². The van der Waals surface area contributed by atoms with Gasteiger partial charge in [-0.25, -0.2) is 13.8 Å². The Kier molecular flexibility index (Phi) is 6.38. The Morgan fingerprint density at radius 2 is 1.89 bits per heavy atom. The number of fused-ring (bicyclic) bond motifs is 4. The van der Waals surface area contributed by atoms with Gasteiger partial charge in [0.1, 0.15) is 29.7 Å². The van der Waals surface area contributed by atoms with Crippen LogP contribution in [0.3, 0.4) is 0 Å². The highest BCUT2D eigenvalue weighted by Gasteiger charge is 2.55. The van der Waals surface area contributed by atoms with Crippen molar-refractivity contribution in [1.82, 2.24) is 15.3 Å². The second kappa shape index (κ2) is 9.37. The molecule has 2 N–H and O–H groups in total. The van der Waals surface area contributed by atoms with Crippen molar-refractivity contribution in [3.05, 3.63) is 64.9 Å². The lowest BCUT2D eigenvalue weighted by molar-refractivity contribution is -0.130. The summed E-state index contributed by atoms with van der Waals surface area (Å²) >= 11 is 5.67. The van der Waals surface area contributed by atoms with Crippen LogP contribution in [0, 0.1) is 17.0 Å². The molecule has 10 heteroatoms. The summed E-state index contributed by atoms with van der Waals surface area (Å²) in [5.74, 6) is -1.43. The number of benzene rings is 2. The minimum atomic E-state index is -0.828. The molecule has 3 aromatic rings. The molecule has 36 heavy (non-hydrogen) atoms. The summed E-state index contributed by atoms with van der Waals surface area (Å²) in [7, 11) is 0. The van der Waals surface area contributed by atoms with Crippen molar-refractivity contribution in [2.24, 2.45) is 5.41 Å². The fourth-order valence-electron chi connectivity index (χ4n) is 5.41. The number of nitrogens with one attached hydrogen (secondary N) is 1. The van der Waals surface area contributed by atoms with Gasteiger partial charge in [0, 0.05) is 18.6 Å². The highest BCUT2D eigenvalue weighted by atomic mass is 35.5. The van der Waals surface area contributed by atoms with Crippen LogP contribution >= 0.6 is 11.6 Å². The summed E-state index contributed by atoms with van der Waals surface area (Å²) in [4.78, 5) is 34.0. The summed E-state index contributed by atoms with van der Waals surface area (Å²) in [5, 5.41) is 13.9. The van der Waals surface area contributed by atoms with Gasteiger partial charge < -0.3 is 15.2 Å². The van der Waals surface area contributed by atoms with Crippen LogP contribution in [0.25, 0.3) is 11.0 Å². The number of carbonyl (C=O) groups is 2. The number of rotatable bonds is 7.